The molecule has 0 heterocycles. The molecule has 1 aromatic carbocycles. The Morgan fingerprint density at radius 1 is 1.25 bits per heavy atom. The second-order valence-corrected chi connectivity index (χ2v) is 4.73. The van der Waals surface area contributed by atoms with Gasteiger partial charge in [0.05, 0.1) is 17.8 Å². The summed E-state index contributed by atoms with van der Waals surface area (Å²) < 4.78 is 5.20. The number of halogens is 1. The zero-order valence-corrected chi connectivity index (χ0v) is 10.4. The van der Waals surface area contributed by atoms with Crippen LogP contribution in [0, 0.1) is 0 Å². The van der Waals surface area contributed by atoms with E-state index in [1.807, 2.05) is 18.2 Å². The van der Waals surface area contributed by atoms with E-state index in [-0.39, 0.29) is 0 Å². The minimum atomic E-state index is 0.568. The molecule has 88 valence electrons. The van der Waals surface area contributed by atoms with Gasteiger partial charge in [-0.25, -0.2) is 0 Å². The lowest BCUT2D eigenvalue weighted by atomic mass is 9.95. The molecule has 1 aliphatic carbocycles. The number of hydrogen-bond acceptors (Lipinski definition) is 2. The average molecular weight is 240 g/mol. The molecular formula is C13H18ClNO. The Morgan fingerprint density at radius 2 is 2.00 bits per heavy atom. The number of rotatable bonds is 3. The molecule has 0 bridgehead atoms. The van der Waals surface area contributed by atoms with Crippen LogP contribution in [0.15, 0.2) is 18.2 Å². The van der Waals surface area contributed by atoms with Gasteiger partial charge in [-0.15, -0.1) is 0 Å². The molecule has 0 radical (unpaired) electrons. The van der Waals surface area contributed by atoms with Crippen LogP contribution in [-0.4, -0.2) is 13.2 Å². The molecule has 1 saturated carbocycles. The van der Waals surface area contributed by atoms with Crippen molar-refractivity contribution in [3.8, 4) is 5.75 Å². The monoisotopic (exact) mass is 239 g/mol. The fourth-order valence-corrected chi connectivity index (χ4v) is 2.38. The highest BCUT2D eigenvalue weighted by atomic mass is 35.5. The van der Waals surface area contributed by atoms with E-state index in [4.69, 9.17) is 16.3 Å². The van der Waals surface area contributed by atoms with Crippen molar-refractivity contribution in [3.05, 3.63) is 23.2 Å². The third-order valence-corrected chi connectivity index (χ3v) is 3.47. The number of methoxy groups -OCH3 is 1. The maximum absolute atomic E-state index is 6.15. The molecule has 1 aromatic rings. The Bertz CT molecular complexity index is 348. The van der Waals surface area contributed by atoms with Crippen LogP contribution >= 0.6 is 11.6 Å². The van der Waals surface area contributed by atoms with Crippen molar-refractivity contribution in [1.82, 2.24) is 0 Å². The summed E-state index contributed by atoms with van der Waals surface area (Å²) in [6, 6.07) is 6.30. The van der Waals surface area contributed by atoms with Crippen LogP contribution in [0.25, 0.3) is 0 Å². The van der Waals surface area contributed by atoms with Gasteiger partial charge in [-0.3, -0.25) is 0 Å². The summed E-state index contributed by atoms with van der Waals surface area (Å²) in [5, 5.41) is 4.28. The predicted molar refractivity (Wildman–Crippen MR) is 68.5 cm³/mol. The molecule has 3 heteroatoms. The van der Waals surface area contributed by atoms with Crippen molar-refractivity contribution < 1.29 is 4.74 Å². The van der Waals surface area contributed by atoms with E-state index in [1.54, 1.807) is 7.11 Å². The molecule has 1 fully saturated rings. The van der Waals surface area contributed by atoms with Crippen LogP contribution in [-0.2, 0) is 0 Å². The average Bonchev–Trinajstić information content (AvgIpc) is 2.33. The molecule has 1 aliphatic rings. The molecule has 0 atom stereocenters. The van der Waals surface area contributed by atoms with E-state index in [1.165, 1.54) is 32.1 Å². The van der Waals surface area contributed by atoms with Gasteiger partial charge < -0.3 is 10.1 Å². The summed E-state index contributed by atoms with van der Waals surface area (Å²) in [4.78, 5) is 0. The Hall–Kier alpha value is -0.890. The van der Waals surface area contributed by atoms with Crippen molar-refractivity contribution in [1.29, 1.82) is 0 Å². The Labute approximate surface area is 102 Å². The molecule has 0 aromatic heterocycles. The van der Waals surface area contributed by atoms with Crippen LogP contribution in [0.5, 0.6) is 5.75 Å². The SMILES string of the molecule is COc1ccc(Cl)c(NC2CCCCC2)c1. The summed E-state index contributed by atoms with van der Waals surface area (Å²) in [6.07, 6.45) is 6.49. The number of benzene rings is 1. The maximum Gasteiger partial charge on any atom is 0.121 e. The normalized spacial score (nSPS) is 17.1. The molecule has 0 spiro atoms. The van der Waals surface area contributed by atoms with Crippen molar-refractivity contribution in [2.75, 3.05) is 12.4 Å². The van der Waals surface area contributed by atoms with Crippen LogP contribution in [0.3, 0.4) is 0 Å². The smallest absolute Gasteiger partial charge is 0.121 e. The molecule has 0 aliphatic heterocycles. The first-order valence-electron chi connectivity index (χ1n) is 5.89. The van der Waals surface area contributed by atoms with Crippen molar-refractivity contribution in [3.63, 3.8) is 0 Å². The lowest BCUT2D eigenvalue weighted by Gasteiger charge is -2.24. The number of ether oxygens (including phenoxy) is 1. The van der Waals surface area contributed by atoms with Crippen LogP contribution in [0.4, 0.5) is 5.69 Å². The molecule has 2 nitrogen and oxygen atoms in total. The minimum absolute atomic E-state index is 0.568. The fraction of sp³-hybridized carbons (Fsp3) is 0.538. The highest BCUT2D eigenvalue weighted by Crippen LogP contribution is 2.29. The van der Waals surface area contributed by atoms with Crippen LogP contribution in [0.1, 0.15) is 32.1 Å². The first-order valence-corrected chi connectivity index (χ1v) is 6.27. The fourth-order valence-electron chi connectivity index (χ4n) is 2.21. The van der Waals surface area contributed by atoms with Crippen LogP contribution < -0.4 is 10.1 Å². The van der Waals surface area contributed by atoms with E-state index in [0.717, 1.165) is 16.5 Å². The number of hydrogen-bond donors (Lipinski definition) is 1. The summed E-state index contributed by atoms with van der Waals surface area (Å²) >= 11 is 6.15. The third-order valence-electron chi connectivity index (χ3n) is 3.14. The second-order valence-electron chi connectivity index (χ2n) is 4.33. The van der Waals surface area contributed by atoms with Gasteiger partial charge >= 0.3 is 0 Å². The van der Waals surface area contributed by atoms with E-state index in [2.05, 4.69) is 5.32 Å². The molecule has 0 amide bonds. The summed E-state index contributed by atoms with van der Waals surface area (Å²) in [5.74, 6) is 0.850. The standard InChI is InChI=1S/C13H18ClNO/c1-16-11-7-8-12(14)13(9-11)15-10-5-3-2-4-6-10/h7-10,15H,2-6H2,1H3. The largest absolute Gasteiger partial charge is 0.497 e. The maximum atomic E-state index is 6.15. The lowest BCUT2D eigenvalue weighted by Crippen LogP contribution is -2.22. The van der Waals surface area contributed by atoms with E-state index in [0.29, 0.717) is 6.04 Å². The van der Waals surface area contributed by atoms with Gasteiger partial charge in [-0.05, 0) is 25.0 Å². The van der Waals surface area contributed by atoms with Gasteiger partial charge in [-0.2, -0.15) is 0 Å². The van der Waals surface area contributed by atoms with Gasteiger partial charge in [0.15, 0.2) is 0 Å². The summed E-state index contributed by atoms with van der Waals surface area (Å²) in [6.45, 7) is 0. The topological polar surface area (TPSA) is 21.3 Å². The highest BCUT2D eigenvalue weighted by molar-refractivity contribution is 6.33. The Balaban J connectivity index is 2.06. The molecule has 2 rings (SSSR count). The first kappa shape index (κ1) is 11.6. The number of anilines is 1. The van der Waals surface area contributed by atoms with Crippen molar-refractivity contribution in [2.24, 2.45) is 0 Å². The van der Waals surface area contributed by atoms with E-state index >= 15 is 0 Å². The van der Waals surface area contributed by atoms with Gasteiger partial charge in [0, 0.05) is 12.1 Å². The molecule has 0 saturated heterocycles. The van der Waals surface area contributed by atoms with E-state index < -0.39 is 0 Å². The van der Waals surface area contributed by atoms with Gasteiger partial charge in [0.25, 0.3) is 0 Å². The first-order chi connectivity index (χ1) is 7.79. The van der Waals surface area contributed by atoms with Gasteiger partial charge in [0.1, 0.15) is 5.75 Å². The highest BCUT2D eigenvalue weighted by Gasteiger charge is 2.14. The molecule has 0 unspecified atom stereocenters. The quantitative estimate of drug-likeness (QED) is 0.858. The summed E-state index contributed by atoms with van der Waals surface area (Å²) in [5.41, 5.74) is 0.993. The molecular weight excluding hydrogens is 222 g/mol. The van der Waals surface area contributed by atoms with Crippen LogP contribution in [0.2, 0.25) is 5.02 Å². The van der Waals surface area contributed by atoms with Crippen molar-refractivity contribution in [2.45, 2.75) is 38.1 Å². The molecule has 16 heavy (non-hydrogen) atoms. The third kappa shape index (κ3) is 2.82. The number of nitrogens with one attached hydrogen (secondary N) is 1. The minimum Gasteiger partial charge on any atom is -0.497 e. The lowest BCUT2D eigenvalue weighted by molar-refractivity contribution is 0.414. The summed E-state index contributed by atoms with van der Waals surface area (Å²) in [7, 11) is 1.67. The zero-order valence-electron chi connectivity index (χ0n) is 9.63. The predicted octanol–water partition coefficient (Wildman–Crippen LogP) is 4.09. The second kappa shape index (κ2) is 5.44. The van der Waals surface area contributed by atoms with Gasteiger partial charge in [-0.1, -0.05) is 30.9 Å². The molecule has 1 N–H and O–H groups in total. The Kier molecular flexibility index (Phi) is 3.94. The zero-order chi connectivity index (χ0) is 11.4. The van der Waals surface area contributed by atoms with Crippen molar-refractivity contribution >= 4 is 17.3 Å². The van der Waals surface area contributed by atoms with E-state index in [9.17, 15) is 0 Å². The Morgan fingerprint density at radius 3 is 2.69 bits per heavy atom. The van der Waals surface area contributed by atoms with Gasteiger partial charge in [0.2, 0.25) is 0 Å².